The van der Waals surface area contributed by atoms with E-state index in [1.807, 2.05) is 16.8 Å². The average molecular weight is 328 g/mol. The van der Waals surface area contributed by atoms with Gasteiger partial charge in [-0.25, -0.2) is 0 Å². The molecule has 1 fully saturated rings. The molecule has 6 heteroatoms. The van der Waals surface area contributed by atoms with Crippen LogP contribution in [0, 0.1) is 0 Å². The summed E-state index contributed by atoms with van der Waals surface area (Å²) in [6.07, 6.45) is 3.28. The minimum Gasteiger partial charge on any atom is -0.354 e. The molecule has 104 valence electrons. The Morgan fingerprint density at radius 1 is 1.47 bits per heavy atom. The fourth-order valence-electron chi connectivity index (χ4n) is 2.21. The highest BCUT2D eigenvalue weighted by molar-refractivity contribution is 9.10. The standard InChI is InChI=1S/C13H18BrN3O2/c1-2-5-17-9-10(14)8-11(17)13(19)16-6-3-12(18)15-4-7-16/h8-9H,2-7H2,1H3,(H,15,18). The van der Waals surface area contributed by atoms with Crippen molar-refractivity contribution in [2.45, 2.75) is 26.3 Å². The van der Waals surface area contributed by atoms with Crippen LogP contribution in [0.15, 0.2) is 16.7 Å². The van der Waals surface area contributed by atoms with Gasteiger partial charge in [0, 0.05) is 43.3 Å². The molecule has 2 heterocycles. The summed E-state index contributed by atoms with van der Waals surface area (Å²) in [6.45, 7) is 4.48. The van der Waals surface area contributed by atoms with Crippen molar-refractivity contribution in [1.82, 2.24) is 14.8 Å². The Balaban J connectivity index is 2.16. The Morgan fingerprint density at radius 2 is 2.26 bits per heavy atom. The monoisotopic (exact) mass is 327 g/mol. The highest BCUT2D eigenvalue weighted by atomic mass is 79.9. The third-order valence-corrected chi connectivity index (χ3v) is 3.58. The molecule has 5 nitrogen and oxygen atoms in total. The number of rotatable bonds is 3. The van der Waals surface area contributed by atoms with Crippen LogP contribution >= 0.6 is 15.9 Å². The van der Waals surface area contributed by atoms with Gasteiger partial charge in [-0.15, -0.1) is 0 Å². The maximum Gasteiger partial charge on any atom is 0.270 e. The molecule has 0 spiro atoms. The van der Waals surface area contributed by atoms with E-state index in [0.29, 0.717) is 31.7 Å². The minimum absolute atomic E-state index is 0.00403. The lowest BCUT2D eigenvalue weighted by Gasteiger charge is -2.20. The van der Waals surface area contributed by atoms with E-state index in [4.69, 9.17) is 0 Å². The Bertz CT molecular complexity index is 484. The first-order valence-electron chi connectivity index (χ1n) is 6.53. The van der Waals surface area contributed by atoms with E-state index in [-0.39, 0.29) is 11.8 Å². The van der Waals surface area contributed by atoms with E-state index in [9.17, 15) is 9.59 Å². The largest absolute Gasteiger partial charge is 0.354 e. The summed E-state index contributed by atoms with van der Waals surface area (Å²) in [5.41, 5.74) is 0.683. The third kappa shape index (κ3) is 3.37. The van der Waals surface area contributed by atoms with Crippen molar-refractivity contribution in [3.63, 3.8) is 0 Å². The van der Waals surface area contributed by atoms with E-state index in [2.05, 4.69) is 28.2 Å². The van der Waals surface area contributed by atoms with Crippen LogP contribution in [0.5, 0.6) is 0 Å². The zero-order valence-electron chi connectivity index (χ0n) is 11.0. The van der Waals surface area contributed by atoms with Crippen molar-refractivity contribution in [1.29, 1.82) is 0 Å². The van der Waals surface area contributed by atoms with Gasteiger partial charge in [-0.05, 0) is 28.4 Å². The second-order valence-electron chi connectivity index (χ2n) is 4.63. The molecule has 1 aromatic heterocycles. The van der Waals surface area contributed by atoms with Crippen LogP contribution in [0.1, 0.15) is 30.3 Å². The van der Waals surface area contributed by atoms with E-state index in [0.717, 1.165) is 17.4 Å². The van der Waals surface area contributed by atoms with Gasteiger partial charge in [-0.2, -0.15) is 0 Å². The predicted molar refractivity (Wildman–Crippen MR) is 76.0 cm³/mol. The number of nitrogens with one attached hydrogen (secondary N) is 1. The Morgan fingerprint density at radius 3 is 3.00 bits per heavy atom. The van der Waals surface area contributed by atoms with Gasteiger partial charge in [0.25, 0.3) is 5.91 Å². The fourth-order valence-corrected chi connectivity index (χ4v) is 2.68. The molecule has 0 bridgehead atoms. The number of hydrogen-bond donors (Lipinski definition) is 1. The lowest BCUT2D eigenvalue weighted by molar-refractivity contribution is -0.120. The molecule has 1 aromatic rings. The molecule has 0 aliphatic carbocycles. The maximum atomic E-state index is 12.5. The molecule has 1 aliphatic rings. The summed E-state index contributed by atoms with van der Waals surface area (Å²) in [7, 11) is 0. The predicted octanol–water partition coefficient (Wildman–Crippen LogP) is 1.62. The minimum atomic E-state index is -0.00403. The molecule has 1 aliphatic heterocycles. The molecular formula is C13H18BrN3O2. The van der Waals surface area contributed by atoms with Gasteiger partial charge in [0.15, 0.2) is 0 Å². The lowest BCUT2D eigenvalue weighted by atomic mass is 10.3. The maximum absolute atomic E-state index is 12.5. The van der Waals surface area contributed by atoms with Crippen molar-refractivity contribution in [3.8, 4) is 0 Å². The number of carbonyl (C=O) groups is 2. The average Bonchev–Trinajstić information content (AvgIpc) is 2.60. The Labute approximate surface area is 121 Å². The number of hydrogen-bond acceptors (Lipinski definition) is 2. The van der Waals surface area contributed by atoms with E-state index < -0.39 is 0 Å². The summed E-state index contributed by atoms with van der Waals surface area (Å²) >= 11 is 3.41. The molecule has 2 rings (SSSR count). The molecule has 1 saturated heterocycles. The number of carbonyl (C=O) groups excluding carboxylic acids is 2. The van der Waals surface area contributed by atoms with Crippen molar-refractivity contribution in [2.75, 3.05) is 19.6 Å². The first-order valence-corrected chi connectivity index (χ1v) is 7.32. The number of aryl methyl sites for hydroxylation is 1. The molecule has 0 aromatic carbocycles. The lowest BCUT2D eigenvalue weighted by Crippen LogP contribution is -2.35. The smallest absolute Gasteiger partial charge is 0.270 e. The zero-order chi connectivity index (χ0) is 13.8. The van der Waals surface area contributed by atoms with E-state index in [1.165, 1.54) is 0 Å². The van der Waals surface area contributed by atoms with Crippen LogP contribution in [0.3, 0.4) is 0 Å². The number of amides is 2. The second kappa shape index (κ2) is 6.23. The van der Waals surface area contributed by atoms with Crippen LogP contribution in [-0.2, 0) is 11.3 Å². The molecule has 2 amide bonds. The topological polar surface area (TPSA) is 54.3 Å². The molecule has 0 radical (unpaired) electrons. The van der Waals surface area contributed by atoms with Crippen LogP contribution < -0.4 is 5.32 Å². The van der Waals surface area contributed by atoms with E-state index >= 15 is 0 Å². The van der Waals surface area contributed by atoms with Crippen LogP contribution in [0.2, 0.25) is 0 Å². The van der Waals surface area contributed by atoms with Crippen molar-refractivity contribution >= 4 is 27.7 Å². The Kier molecular flexibility index (Phi) is 4.63. The normalized spacial score (nSPS) is 16.1. The second-order valence-corrected chi connectivity index (χ2v) is 5.54. The number of halogens is 1. The van der Waals surface area contributed by atoms with Gasteiger partial charge in [-0.1, -0.05) is 6.92 Å². The quantitative estimate of drug-likeness (QED) is 0.917. The molecular weight excluding hydrogens is 310 g/mol. The van der Waals surface area contributed by atoms with Gasteiger partial charge in [0.2, 0.25) is 5.91 Å². The molecule has 0 atom stereocenters. The van der Waals surface area contributed by atoms with Crippen LogP contribution in [0.25, 0.3) is 0 Å². The zero-order valence-corrected chi connectivity index (χ0v) is 12.6. The van der Waals surface area contributed by atoms with Gasteiger partial charge >= 0.3 is 0 Å². The summed E-state index contributed by atoms with van der Waals surface area (Å²) in [5.74, 6) is 0.0103. The molecule has 0 unspecified atom stereocenters. The summed E-state index contributed by atoms with van der Waals surface area (Å²) in [6, 6.07) is 1.85. The van der Waals surface area contributed by atoms with E-state index in [1.54, 1.807) is 4.90 Å². The first kappa shape index (κ1) is 14.1. The Hall–Kier alpha value is -1.30. The summed E-state index contributed by atoms with van der Waals surface area (Å²) < 4.78 is 2.88. The molecule has 0 saturated carbocycles. The van der Waals surface area contributed by atoms with Crippen molar-refractivity contribution in [2.24, 2.45) is 0 Å². The van der Waals surface area contributed by atoms with Crippen molar-refractivity contribution in [3.05, 3.63) is 22.4 Å². The van der Waals surface area contributed by atoms with Gasteiger partial charge < -0.3 is 14.8 Å². The van der Waals surface area contributed by atoms with Gasteiger partial charge in [0.05, 0.1) is 0 Å². The van der Waals surface area contributed by atoms with Crippen LogP contribution in [0.4, 0.5) is 0 Å². The highest BCUT2D eigenvalue weighted by Gasteiger charge is 2.22. The highest BCUT2D eigenvalue weighted by Crippen LogP contribution is 2.17. The number of aromatic nitrogens is 1. The molecule has 19 heavy (non-hydrogen) atoms. The summed E-state index contributed by atoms with van der Waals surface area (Å²) in [5, 5.41) is 2.78. The first-order chi connectivity index (χ1) is 9.11. The summed E-state index contributed by atoms with van der Waals surface area (Å²) in [4.78, 5) is 25.6. The number of nitrogens with zero attached hydrogens (tertiary/aromatic N) is 2. The third-order valence-electron chi connectivity index (χ3n) is 3.15. The molecule has 1 N–H and O–H groups in total. The van der Waals surface area contributed by atoms with Crippen molar-refractivity contribution < 1.29 is 9.59 Å². The van der Waals surface area contributed by atoms with Crippen LogP contribution in [-0.4, -0.2) is 40.9 Å². The fraction of sp³-hybridized carbons (Fsp3) is 0.538. The van der Waals surface area contributed by atoms with Gasteiger partial charge in [-0.3, -0.25) is 9.59 Å². The SMILES string of the molecule is CCCn1cc(Br)cc1C(=O)N1CCNC(=O)CC1. The van der Waals surface area contributed by atoms with Gasteiger partial charge in [0.1, 0.15) is 5.69 Å².